The van der Waals surface area contributed by atoms with E-state index >= 15 is 0 Å². The van der Waals surface area contributed by atoms with Gasteiger partial charge in [0.2, 0.25) is 0 Å². The third kappa shape index (κ3) is 4.35. The summed E-state index contributed by atoms with van der Waals surface area (Å²) in [6.45, 7) is 3.97. The highest BCUT2D eigenvalue weighted by Crippen LogP contribution is 2.23. The molecule has 144 valence electrons. The quantitative estimate of drug-likeness (QED) is 0.493. The molecule has 3 aromatic carbocycles. The van der Waals surface area contributed by atoms with Crippen molar-refractivity contribution in [3.05, 3.63) is 102 Å². The van der Waals surface area contributed by atoms with Gasteiger partial charge in [-0.3, -0.25) is 4.79 Å². The monoisotopic (exact) mass is 383 g/mol. The van der Waals surface area contributed by atoms with Gasteiger partial charge in [0.15, 0.2) is 0 Å². The highest BCUT2D eigenvalue weighted by molar-refractivity contribution is 6.04. The van der Waals surface area contributed by atoms with E-state index in [0.717, 1.165) is 22.8 Å². The van der Waals surface area contributed by atoms with Gasteiger partial charge in [0.25, 0.3) is 5.91 Å². The number of aromatic nitrogens is 2. The lowest BCUT2D eigenvalue weighted by atomic mass is 10.2. The normalized spacial score (nSPS) is 10.6. The van der Waals surface area contributed by atoms with Crippen LogP contribution in [0.25, 0.3) is 5.69 Å². The molecular formula is C24H21N3O2. The van der Waals surface area contributed by atoms with Crippen molar-refractivity contribution in [2.75, 3.05) is 5.32 Å². The van der Waals surface area contributed by atoms with Crippen LogP contribution in [0.15, 0.2) is 84.9 Å². The van der Waals surface area contributed by atoms with Crippen molar-refractivity contribution in [3.63, 3.8) is 0 Å². The zero-order valence-electron chi connectivity index (χ0n) is 16.3. The first kappa shape index (κ1) is 18.5. The van der Waals surface area contributed by atoms with Crippen LogP contribution in [0.1, 0.15) is 21.7 Å². The van der Waals surface area contributed by atoms with E-state index in [-0.39, 0.29) is 5.91 Å². The van der Waals surface area contributed by atoms with Gasteiger partial charge in [-0.1, -0.05) is 18.2 Å². The van der Waals surface area contributed by atoms with Gasteiger partial charge in [0.1, 0.15) is 11.5 Å². The van der Waals surface area contributed by atoms with E-state index in [1.54, 1.807) is 12.1 Å². The van der Waals surface area contributed by atoms with Gasteiger partial charge in [-0.15, -0.1) is 0 Å². The van der Waals surface area contributed by atoms with Gasteiger partial charge in [0.05, 0.1) is 11.4 Å². The van der Waals surface area contributed by atoms with Gasteiger partial charge >= 0.3 is 0 Å². The lowest BCUT2D eigenvalue weighted by Gasteiger charge is -2.09. The third-order valence-corrected chi connectivity index (χ3v) is 4.47. The first-order chi connectivity index (χ1) is 14.1. The maximum Gasteiger partial charge on any atom is 0.255 e. The zero-order chi connectivity index (χ0) is 20.2. The summed E-state index contributed by atoms with van der Waals surface area (Å²) in [5, 5.41) is 7.37. The van der Waals surface area contributed by atoms with Crippen molar-refractivity contribution in [2.45, 2.75) is 13.8 Å². The number of benzene rings is 3. The predicted octanol–water partition coefficient (Wildman–Crippen LogP) is 5.53. The van der Waals surface area contributed by atoms with Gasteiger partial charge in [-0.05, 0) is 80.6 Å². The second-order valence-electron chi connectivity index (χ2n) is 6.78. The number of ether oxygens (including phenoxy) is 1. The number of carbonyl (C=O) groups is 1. The maximum absolute atomic E-state index is 12.5. The minimum Gasteiger partial charge on any atom is -0.457 e. The van der Waals surface area contributed by atoms with Crippen molar-refractivity contribution in [1.82, 2.24) is 9.78 Å². The van der Waals surface area contributed by atoms with Crippen LogP contribution < -0.4 is 10.1 Å². The Morgan fingerprint density at radius 3 is 2.14 bits per heavy atom. The molecule has 0 saturated heterocycles. The van der Waals surface area contributed by atoms with Gasteiger partial charge in [0, 0.05) is 16.9 Å². The van der Waals surface area contributed by atoms with E-state index in [1.165, 1.54) is 0 Å². The minimum atomic E-state index is -0.165. The number of nitrogens with one attached hydrogen (secondary N) is 1. The van der Waals surface area contributed by atoms with Gasteiger partial charge in [-0.25, -0.2) is 4.68 Å². The fourth-order valence-electron chi connectivity index (χ4n) is 3.08. The molecule has 0 fully saturated rings. The predicted molar refractivity (Wildman–Crippen MR) is 114 cm³/mol. The van der Waals surface area contributed by atoms with Crippen molar-refractivity contribution in [3.8, 4) is 17.2 Å². The lowest BCUT2D eigenvalue weighted by molar-refractivity contribution is 0.102. The molecule has 1 N–H and O–H groups in total. The molecule has 0 aliphatic rings. The summed E-state index contributed by atoms with van der Waals surface area (Å²) in [6, 6.07) is 26.3. The number of aryl methyl sites for hydroxylation is 2. The summed E-state index contributed by atoms with van der Waals surface area (Å²) in [4.78, 5) is 12.5. The van der Waals surface area contributed by atoms with E-state index in [4.69, 9.17) is 4.74 Å². The summed E-state index contributed by atoms with van der Waals surface area (Å²) in [5.74, 6) is 1.32. The molecule has 0 aliphatic heterocycles. The van der Waals surface area contributed by atoms with Crippen LogP contribution in [-0.2, 0) is 0 Å². The Morgan fingerprint density at radius 1 is 0.862 bits per heavy atom. The standard InChI is InChI=1S/C24H21N3O2/c1-17-16-18(2)27(26-17)21-12-8-19(9-13-21)24(28)25-20-10-14-23(15-11-20)29-22-6-4-3-5-7-22/h3-16H,1-2H3,(H,25,28). The first-order valence-corrected chi connectivity index (χ1v) is 9.36. The molecule has 4 rings (SSSR count). The Balaban J connectivity index is 1.42. The maximum atomic E-state index is 12.5. The van der Waals surface area contributed by atoms with E-state index in [9.17, 15) is 4.79 Å². The van der Waals surface area contributed by atoms with Crippen molar-refractivity contribution in [2.24, 2.45) is 0 Å². The number of hydrogen-bond donors (Lipinski definition) is 1. The minimum absolute atomic E-state index is 0.165. The van der Waals surface area contributed by atoms with E-state index in [2.05, 4.69) is 10.4 Å². The van der Waals surface area contributed by atoms with Crippen LogP contribution in [0, 0.1) is 13.8 Å². The molecule has 1 heterocycles. The molecule has 0 bridgehead atoms. The molecule has 1 aromatic heterocycles. The Kier molecular flexibility index (Phi) is 5.12. The molecule has 29 heavy (non-hydrogen) atoms. The lowest BCUT2D eigenvalue weighted by Crippen LogP contribution is -2.12. The molecule has 5 heteroatoms. The van der Waals surface area contributed by atoms with Crippen LogP contribution in [0.4, 0.5) is 5.69 Å². The Labute approximate surface area is 169 Å². The van der Waals surface area contributed by atoms with E-state index < -0.39 is 0 Å². The molecule has 0 aliphatic carbocycles. The second-order valence-corrected chi connectivity index (χ2v) is 6.78. The molecule has 0 spiro atoms. The summed E-state index contributed by atoms with van der Waals surface area (Å²) < 4.78 is 7.63. The van der Waals surface area contributed by atoms with Crippen LogP contribution in [-0.4, -0.2) is 15.7 Å². The average Bonchev–Trinajstić information content (AvgIpc) is 3.08. The van der Waals surface area contributed by atoms with Crippen molar-refractivity contribution in [1.29, 1.82) is 0 Å². The molecule has 0 saturated carbocycles. The number of anilines is 1. The number of hydrogen-bond acceptors (Lipinski definition) is 3. The number of amides is 1. The topological polar surface area (TPSA) is 56.2 Å². The fraction of sp³-hybridized carbons (Fsp3) is 0.0833. The molecule has 5 nitrogen and oxygen atoms in total. The zero-order valence-corrected chi connectivity index (χ0v) is 16.3. The number of carbonyl (C=O) groups excluding carboxylic acids is 1. The molecular weight excluding hydrogens is 362 g/mol. The Morgan fingerprint density at radius 2 is 1.52 bits per heavy atom. The molecule has 0 atom stereocenters. The average molecular weight is 383 g/mol. The van der Waals surface area contributed by atoms with E-state index in [0.29, 0.717) is 17.0 Å². The first-order valence-electron chi connectivity index (χ1n) is 9.36. The molecule has 0 radical (unpaired) electrons. The van der Waals surface area contributed by atoms with E-state index in [1.807, 2.05) is 91.3 Å². The smallest absolute Gasteiger partial charge is 0.255 e. The summed E-state index contributed by atoms with van der Waals surface area (Å²) in [7, 11) is 0. The number of rotatable bonds is 5. The SMILES string of the molecule is Cc1cc(C)n(-c2ccc(C(=O)Nc3ccc(Oc4ccccc4)cc3)cc2)n1. The number of nitrogens with zero attached hydrogens (tertiary/aromatic N) is 2. The highest BCUT2D eigenvalue weighted by Gasteiger charge is 2.08. The highest BCUT2D eigenvalue weighted by atomic mass is 16.5. The van der Waals surface area contributed by atoms with Crippen LogP contribution in [0.3, 0.4) is 0 Å². The Bertz CT molecular complexity index is 1120. The molecule has 4 aromatic rings. The van der Waals surface area contributed by atoms with Gasteiger partial charge < -0.3 is 10.1 Å². The largest absolute Gasteiger partial charge is 0.457 e. The van der Waals surface area contributed by atoms with Crippen molar-refractivity contribution < 1.29 is 9.53 Å². The molecule has 1 amide bonds. The Hall–Kier alpha value is -3.86. The third-order valence-electron chi connectivity index (χ3n) is 4.47. The van der Waals surface area contributed by atoms with Crippen LogP contribution in [0.5, 0.6) is 11.5 Å². The summed E-state index contributed by atoms with van der Waals surface area (Å²) >= 11 is 0. The van der Waals surface area contributed by atoms with Crippen molar-refractivity contribution >= 4 is 11.6 Å². The molecule has 0 unspecified atom stereocenters. The van der Waals surface area contributed by atoms with Crippen LogP contribution in [0.2, 0.25) is 0 Å². The summed E-state index contributed by atoms with van der Waals surface area (Å²) in [6.07, 6.45) is 0. The van der Waals surface area contributed by atoms with Gasteiger partial charge in [-0.2, -0.15) is 5.10 Å². The van der Waals surface area contributed by atoms with Crippen LogP contribution >= 0.6 is 0 Å². The second kappa shape index (κ2) is 8.02. The fourth-order valence-corrected chi connectivity index (χ4v) is 3.08. The summed E-state index contributed by atoms with van der Waals surface area (Å²) in [5.41, 5.74) is 4.23. The number of para-hydroxylation sites is 1.